The summed E-state index contributed by atoms with van der Waals surface area (Å²) in [6, 6.07) is 0.0960. The summed E-state index contributed by atoms with van der Waals surface area (Å²) < 4.78 is 4.88. The van der Waals surface area contributed by atoms with Crippen molar-refractivity contribution in [2.75, 3.05) is 53.0 Å². The number of carbonyl (C=O) groups is 1. The van der Waals surface area contributed by atoms with Crippen molar-refractivity contribution in [2.24, 2.45) is 0 Å². The van der Waals surface area contributed by atoms with E-state index in [2.05, 4.69) is 28.1 Å². The Morgan fingerprint density at radius 2 is 1.87 bits per heavy atom. The molecule has 1 amide bonds. The van der Waals surface area contributed by atoms with Crippen molar-refractivity contribution in [3.05, 3.63) is 11.6 Å². The van der Waals surface area contributed by atoms with Crippen LogP contribution < -0.4 is 5.32 Å². The van der Waals surface area contributed by atoms with Crippen LogP contribution in [0.3, 0.4) is 0 Å². The highest BCUT2D eigenvalue weighted by Crippen LogP contribution is 2.14. The zero-order valence-corrected chi connectivity index (χ0v) is 14.9. The van der Waals surface area contributed by atoms with Crippen LogP contribution in [0.1, 0.15) is 39.0 Å². The molecule has 0 aromatic rings. The van der Waals surface area contributed by atoms with Gasteiger partial charge in [0.05, 0.1) is 0 Å². The van der Waals surface area contributed by atoms with Crippen LogP contribution in [0, 0.1) is 0 Å². The lowest BCUT2D eigenvalue weighted by Gasteiger charge is -2.32. The number of ether oxygens (including phenoxy) is 1. The summed E-state index contributed by atoms with van der Waals surface area (Å²) in [5.74, 6) is -0.0393. The number of nitrogens with zero attached hydrogens (tertiary/aromatic N) is 2. The first-order chi connectivity index (χ1) is 11.2. The molecule has 5 heteroatoms. The highest BCUT2D eigenvalue weighted by molar-refractivity contribution is 5.77. The van der Waals surface area contributed by atoms with Crippen LogP contribution in [-0.2, 0) is 9.53 Å². The minimum atomic E-state index is -0.0393. The average molecular weight is 323 g/mol. The average Bonchev–Trinajstić information content (AvgIpc) is 2.82. The van der Waals surface area contributed by atoms with Gasteiger partial charge in [0.2, 0.25) is 5.91 Å². The molecule has 1 N–H and O–H groups in total. The van der Waals surface area contributed by atoms with Gasteiger partial charge >= 0.3 is 0 Å². The zero-order chi connectivity index (χ0) is 16.5. The fraction of sp³-hybridized carbons (Fsp3) is 0.833. The highest BCUT2D eigenvalue weighted by atomic mass is 16.5. The summed E-state index contributed by atoms with van der Waals surface area (Å²) in [5.41, 5.74) is 1.33. The Morgan fingerprint density at radius 1 is 1.17 bits per heavy atom. The second-order valence-corrected chi connectivity index (χ2v) is 6.82. The Balaban J connectivity index is 1.73. The Kier molecular flexibility index (Phi) is 8.06. The third kappa shape index (κ3) is 6.61. The number of hydrogen-bond acceptors (Lipinski definition) is 4. The second-order valence-electron chi connectivity index (χ2n) is 6.82. The van der Waals surface area contributed by atoms with Gasteiger partial charge in [0.15, 0.2) is 0 Å². The molecule has 1 fully saturated rings. The van der Waals surface area contributed by atoms with Crippen LogP contribution in [0.5, 0.6) is 0 Å². The molecular formula is C18H33N3O2. The van der Waals surface area contributed by atoms with E-state index < -0.39 is 0 Å². The van der Waals surface area contributed by atoms with E-state index >= 15 is 0 Å². The molecule has 5 nitrogen and oxygen atoms in total. The summed E-state index contributed by atoms with van der Waals surface area (Å²) in [7, 11) is 1.55. The number of amides is 1. The molecule has 2 heterocycles. The molecule has 0 unspecified atom stereocenters. The third-order valence-electron chi connectivity index (χ3n) is 4.90. The molecule has 1 saturated heterocycles. The maximum Gasteiger partial charge on any atom is 0.246 e. The van der Waals surface area contributed by atoms with E-state index in [1.54, 1.807) is 7.11 Å². The van der Waals surface area contributed by atoms with Crippen molar-refractivity contribution in [2.45, 2.75) is 45.1 Å². The van der Waals surface area contributed by atoms with Gasteiger partial charge in [0, 0.05) is 39.3 Å². The number of methoxy groups -OCH3 is 1. The number of carbonyl (C=O) groups excluding carboxylic acids is 1. The van der Waals surface area contributed by atoms with Gasteiger partial charge in [-0.2, -0.15) is 0 Å². The fourth-order valence-electron chi connectivity index (χ4n) is 3.49. The fourth-order valence-corrected chi connectivity index (χ4v) is 3.49. The molecule has 2 aliphatic heterocycles. The van der Waals surface area contributed by atoms with Gasteiger partial charge in [-0.1, -0.05) is 18.9 Å². The normalized spacial score (nSPS) is 22.3. The van der Waals surface area contributed by atoms with Crippen LogP contribution in [0.15, 0.2) is 11.6 Å². The van der Waals surface area contributed by atoms with Gasteiger partial charge in [0.25, 0.3) is 0 Å². The van der Waals surface area contributed by atoms with E-state index in [4.69, 9.17) is 4.74 Å². The summed E-state index contributed by atoms with van der Waals surface area (Å²) in [5, 5.41) is 3.02. The second kappa shape index (κ2) is 10.1. The largest absolute Gasteiger partial charge is 0.375 e. The quantitative estimate of drug-likeness (QED) is 0.724. The SMILES string of the molecule is COCC(=O)N[C@H](C)C1=CCCN(CCN2CCCCCC2)C1. The molecule has 2 aliphatic rings. The minimum Gasteiger partial charge on any atom is -0.375 e. The molecule has 0 spiro atoms. The molecule has 23 heavy (non-hydrogen) atoms. The van der Waals surface area contributed by atoms with Crippen LogP contribution in [0.2, 0.25) is 0 Å². The zero-order valence-electron chi connectivity index (χ0n) is 14.9. The van der Waals surface area contributed by atoms with E-state index in [1.165, 1.54) is 50.9 Å². The van der Waals surface area contributed by atoms with E-state index in [0.717, 1.165) is 26.1 Å². The molecule has 1 atom stereocenters. The lowest BCUT2D eigenvalue weighted by atomic mass is 10.0. The molecule has 0 aromatic carbocycles. The van der Waals surface area contributed by atoms with E-state index in [9.17, 15) is 4.79 Å². The van der Waals surface area contributed by atoms with Crippen LogP contribution in [0.25, 0.3) is 0 Å². The maximum atomic E-state index is 11.7. The Morgan fingerprint density at radius 3 is 2.57 bits per heavy atom. The molecule has 0 radical (unpaired) electrons. The highest BCUT2D eigenvalue weighted by Gasteiger charge is 2.19. The van der Waals surface area contributed by atoms with Crippen LogP contribution in [0.4, 0.5) is 0 Å². The predicted molar refractivity (Wildman–Crippen MR) is 93.5 cm³/mol. The predicted octanol–water partition coefficient (Wildman–Crippen LogP) is 1.65. The Bertz CT molecular complexity index is 390. The first-order valence-corrected chi connectivity index (χ1v) is 9.11. The Hall–Kier alpha value is -0.910. The number of rotatable bonds is 7. The number of likely N-dealkylation sites (tertiary alicyclic amines) is 1. The van der Waals surface area contributed by atoms with Crippen LogP contribution in [-0.4, -0.2) is 74.7 Å². The van der Waals surface area contributed by atoms with Crippen molar-refractivity contribution < 1.29 is 9.53 Å². The Labute approximate surface area is 141 Å². The molecular weight excluding hydrogens is 290 g/mol. The molecule has 0 aliphatic carbocycles. The van der Waals surface area contributed by atoms with Crippen molar-refractivity contribution in [3.63, 3.8) is 0 Å². The van der Waals surface area contributed by atoms with Crippen molar-refractivity contribution in [1.29, 1.82) is 0 Å². The van der Waals surface area contributed by atoms with Gasteiger partial charge in [-0.3, -0.25) is 9.69 Å². The first kappa shape index (κ1) is 18.4. The van der Waals surface area contributed by atoms with Crippen molar-refractivity contribution in [3.8, 4) is 0 Å². The summed E-state index contributed by atoms with van der Waals surface area (Å²) in [4.78, 5) is 16.8. The van der Waals surface area contributed by atoms with Gasteiger partial charge < -0.3 is 15.0 Å². The topological polar surface area (TPSA) is 44.8 Å². The number of nitrogens with one attached hydrogen (secondary N) is 1. The van der Waals surface area contributed by atoms with Gasteiger partial charge in [-0.15, -0.1) is 0 Å². The van der Waals surface area contributed by atoms with E-state index in [0.29, 0.717) is 0 Å². The lowest BCUT2D eigenvalue weighted by Crippen LogP contribution is -2.43. The van der Waals surface area contributed by atoms with Crippen molar-refractivity contribution in [1.82, 2.24) is 15.1 Å². The van der Waals surface area contributed by atoms with Gasteiger partial charge in [-0.05, 0) is 44.8 Å². The summed E-state index contributed by atoms with van der Waals surface area (Å²) in [6.07, 6.45) is 8.87. The van der Waals surface area contributed by atoms with Gasteiger partial charge in [-0.25, -0.2) is 0 Å². The monoisotopic (exact) mass is 323 g/mol. The summed E-state index contributed by atoms with van der Waals surface area (Å²) in [6.45, 7) is 9.15. The summed E-state index contributed by atoms with van der Waals surface area (Å²) >= 11 is 0. The van der Waals surface area contributed by atoms with E-state index in [-0.39, 0.29) is 18.6 Å². The first-order valence-electron chi connectivity index (χ1n) is 9.11. The lowest BCUT2D eigenvalue weighted by molar-refractivity contribution is -0.125. The molecule has 0 bridgehead atoms. The van der Waals surface area contributed by atoms with E-state index in [1.807, 2.05) is 0 Å². The minimum absolute atomic E-state index is 0.0393. The van der Waals surface area contributed by atoms with Crippen molar-refractivity contribution >= 4 is 5.91 Å². The maximum absolute atomic E-state index is 11.7. The number of hydrogen-bond donors (Lipinski definition) is 1. The molecule has 0 aromatic heterocycles. The smallest absolute Gasteiger partial charge is 0.246 e. The van der Waals surface area contributed by atoms with Gasteiger partial charge in [0.1, 0.15) is 6.61 Å². The van der Waals surface area contributed by atoms with Crippen LogP contribution >= 0.6 is 0 Å². The standard InChI is InChI=1S/C18H33N3O2/c1-16(19-18(22)15-23-2)17-8-7-11-21(14-17)13-12-20-9-5-3-4-6-10-20/h8,16H,3-7,9-15H2,1-2H3,(H,19,22)/t16-/m1/s1. The third-order valence-corrected chi connectivity index (χ3v) is 4.90. The molecule has 132 valence electrons. The molecule has 0 saturated carbocycles. The molecule has 2 rings (SSSR count).